The zero-order chi connectivity index (χ0) is 13.2. The van der Waals surface area contributed by atoms with Gasteiger partial charge in [-0.3, -0.25) is 9.69 Å². The van der Waals surface area contributed by atoms with E-state index in [-0.39, 0.29) is 0 Å². The van der Waals surface area contributed by atoms with Crippen LogP contribution in [0, 0.1) is 0 Å². The predicted molar refractivity (Wildman–Crippen MR) is 71.8 cm³/mol. The van der Waals surface area contributed by atoms with Crippen LogP contribution in [0.3, 0.4) is 0 Å². The van der Waals surface area contributed by atoms with Crippen molar-refractivity contribution >= 4 is 5.91 Å². The topological polar surface area (TPSA) is 72.3 Å². The third-order valence-corrected chi connectivity index (χ3v) is 3.65. The molecule has 1 aliphatic carbocycles. The first kappa shape index (κ1) is 13.1. The summed E-state index contributed by atoms with van der Waals surface area (Å²) in [5, 5.41) is 0. The fourth-order valence-electron chi connectivity index (χ4n) is 2.31. The highest BCUT2D eigenvalue weighted by Crippen LogP contribution is 2.29. The van der Waals surface area contributed by atoms with Gasteiger partial charge in [-0.2, -0.15) is 0 Å². The van der Waals surface area contributed by atoms with Gasteiger partial charge in [0.15, 0.2) is 0 Å². The predicted octanol–water partition coefficient (Wildman–Crippen LogP) is 0.810. The van der Waals surface area contributed by atoms with Crippen LogP contribution >= 0.6 is 0 Å². The van der Waals surface area contributed by atoms with Gasteiger partial charge in [0, 0.05) is 12.6 Å². The van der Waals surface area contributed by atoms with Crippen LogP contribution in [0.2, 0.25) is 0 Å². The van der Waals surface area contributed by atoms with Gasteiger partial charge in [0.2, 0.25) is 5.91 Å². The highest BCUT2D eigenvalue weighted by molar-refractivity contribution is 5.86. The van der Waals surface area contributed by atoms with Crippen LogP contribution in [-0.4, -0.2) is 29.9 Å². The van der Waals surface area contributed by atoms with Gasteiger partial charge in [0.25, 0.3) is 0 Å². The number of likely N-dealkylation sites (N-methyl/N-ethyl adjacent to an activating group) is 1. The number of benzene rings is 1. The monoisotopic (exact) mass is 247 g/mol. The number of rotatable bonds is 6. The Morgan fingerprint density at radius 2 is 2.00 bits per heavy atom. The molecule has 1 saturated carbocycles. The average Bonchev–Trinajstić information content (AvgIpc) is 3.20. The number of primary amides is 1. The molecule has 1 amide bonds. The summed E-state index contributed by atoms with van der Waals surface area (Å²) < 4.78 is 0. The van der Waals surface area contributed by atoms with Crippen LogP contribution in [-0.2, 0) is 10.3 Å². The second kappa shape index (κ2) is 5.08. The minimum absolute atomic E-state index is 0.465. The first-order chi connectivity index (χ1) is 8.58. The maximum Gasteiger partial charge on any atom is 0.243 e. The quantitative estimate of drug-likeness (QED) is 0.781. The van der Waals surface area contributed by atoms with Gasteiger partial charge >= 0.3 is 0 Å². The van der Waals surface area contributed by atoms with E-state index in [0.717, 1.165) is 12.1 Å². The van der Waals surface area contributed by atoms with Crippen LogP contribution in [0.1, 0.15) is 25.3 Å². The summed E-state index contributed by atoms with van der Waals surface area (Å²) in [7, 11) is 0. The van der Waals surface area contributed by atoms with E-state index >= 15 is 0 Å². The molecule has 1 unspecified atom stereocenters. The summed E-state index contributed by atoms with van der Waals surface area (Å²) in [6.45, 7) is 3.47. The van der Waals surface area contributed by atoms with E-state index in [9.17, 15) is 4.79 Å². The van der Waals surface area contributed by atoms with Crippen LogP contribution in [0.4, 0.5) is 0 Å². The van der Waals surface area contributed by atoms with E-state index < -0.39 is 11.4 Å². The van der Waals surface area contributed by atoms with Gasteiger partial charge in [0.05, 0.1) is 0 Å². The van der Waals surface area contributed by atoms with Crippen molar-refractivity contribution in [1.29, 1.82) is 0 Å². The largest absolute Gasteiger partial charge is 0.368 e. The lowest BCUT2D eigenvalue weighted by Crippen LogP contribution is -2.56. The Balaban J connectivity index is 2.23. The minimum atomic E-state index is -1.10. The smallest absolute Gasteiger partial charge is 0.243 e. The molecule has 4 nitrogen and oxygen atoms in total. The molecular weight excluding hydrogens is 226 g/mol. The maximum atomic E-state index is 11.8. The molecule has 0 radical (unpaired) electrons. The molecule has 98 valence electrons. The Hall–Kier alpha value is -1.39. The molecule has 0 bridgehead atoms. The highest BCUT2D eigenvalue weighted by atomic mass is 16.1. The Labute approximate surface area is 108 Å². The molecule has 1 aromatic carbocycles. The van der Waals surface area contributed by atoms with Crippen molar-refractivity contribution in [2.75, 3.05) is 13.1 Å². The van der Waals surface area contributed by atoms with Gasteiger partial charge in [-0.25, -0.2) is 0 Å². The van der Waals surface area contributed by atoms with Crippen LogP contribution < -0.4 is 11.5 Å². The van der Waals surface area contributed by atoms with E-state index in [1.165, 1.54) is 12.8 Å². The molecule has 1 atom stereocenters. The zero-order valence-electron chi connectivity index (χ0n) is 10.8. The van der Waals surface area contributed by atoms with Gasteiger partial charge in [-0.15, -0.1) is 0 Å². The summed E-state index contributed by atoms with van der Waals surface area (Å²) >= 11 is 0. The van der Waals surface area contributed by atoms with E-state index in [2.05, 4.69) is 11.8 Å². The third-order valence-electron chi connectivity index (χ3n) is 3.65. The summed E-state index contributed by atoms with van der Waals surface area (Å²) in [5.41, 5.74) is 11.5. The molecule has 0 aromatic heterocycles. The van der Waals surface area contributed by atoms with Crippen molar-refractivity contribution in [3.05, 3.63) is 35.9 Å². The minimum Gasteiger partial charge on any atom is -0.368 e. The summed E-state index contributed by atoms with van der Waals surface area (Å²) in [6.07, 6.45) is 2.38. The number of nitrogens with two attached hydrogens (primary N) is 2. The fraction of sp³-hybridized carbons (Fsp3) is 0.500. The fourth-order valence-corrected chi connectivity index (χ4v) is 2.31. The van der Waals surface area contributed by atoms with Crippen molar-refractivity contribution in [2.24, 2.45) is 11.5 Å². The number of amides is 1. The van der Waals surface area contributed by atoms with Crippen LogP contribution in [0.15, 0.2) is 30.3 Å². The normalized spacial score (nSPS) is 18.6. The van der Waals surface area contributed by atoms with E-state index in [4.69, 9.17) is 11.5 Å². The first-order valence-corrected chi connectivity index (χ1v) is 6.46. The highest BCUT2D eigenvalue weighted by Gasteiger charge is 2.39. The number of hydrogen-bond acceptors (Lipinski definition) is 3. The number of carbonyl (C=O) groups is 1. The molecule has 0 saturated heterocycles. The summed E-state index contributed by atoms with van der Waals surface area (Å²) in [6, 6.07) is 9.97. The SMILES string of the molecule is CCN(CC(N)(C(N)=O)c1ccccc1)C1CC1. The Morgan fingerprint density at radius 3 is 2.44 bits per heavy atom. The van der Waals surface area contributed by atoms with Gasteiger partial charge in [-0.05, 0) is 24.9 Å². The van der Waals surface area contributed by atoms with Crippen molar-refractivity contribution in [1.82, 2.24) is 4.90 Å². The molecule has 4 N–H and O–H groups in total. The second-order valence-electron chi connectivity index (χ2n) is 5.00. The lowest BCUT2D eigenvalue weighted by molar-refractivity contribution is -0.124. The zero-order valence-corrected chi connectivity index (χ0v) is 10.8. The Bertz CT molecular complexity index is 416. The van der Waals surface area contributed by atoms with Crippen molar-refractivity contribution in [2.45, 2.75) is 31.3 Å². The molecule has 0 spiro atoms. The van der Waals surface area contributed by atoms with Crippen LogP contribution in [0.5, 0.6) is 0 Å². The maximum absolute atomic E-state index is 11.8. The van der Waals surface area contributed by atoms with E-state index in [0.29, 0.717) is 12.6 Å². The van der Waals surface area contributed by atoms with Crippen molar-refractivity contribution < 1.29 is 4.79 Å². The molecule has 0 heterocycles. The molecule has 0 aliphatic heterocycles. The molecule has 18 heavy (non-hydrogen) atoms. The summed E-state index contributed by atoms with van der Waals surface area (Å²) in [5.74, 6) is -0.465. The number of carbonyl (C=O) groups excluding carboxylic acids is 1. The van der Waals surface area contributed by atoms with Gasteiger partial charge in [0.1, 0.15) is 5.54 Å². The number of hydrogen-bond donors (Lipinski definition) is 2. The second-order valence-corrected chi connectivity index (χ2v) is 5.00. The first-order valence-electron chi connectivity index (χ1n) is 6.46. The molecule has 1 fully saturated rings. The lowest BCUT2D eigenvalue weighted by Gasteiger charge is -2.33. The molecule has 4 heteroatoms. The molecule has 2 rings (SSSR count). The molecular formula is C14H21N3O. The van der Waals surface area contributed by atoms with Gasteiger partial charge < -0.3 is 11.5 Å². The third kappa shape index (κ3) is 2.54. The Morgan fingerprint density at radius 1 is 1.39 bits per heavy atom. The van der Waals surface area contributed by atoms with E-state index in [1.54, 1.807) is 0 Å². The van der Waals surface area contributed by atoms with Gasteiger partial charge in [-0.1, -0.05) is 37.3 Å². The van der Waals surface area contributed by atoms with E-state index in [1.807, 2.05) is 30.3 Å². The Kier molecular flexibility index (Phi) is 3.68. The van der Waals surface area contributed by atoms with Crippen LogP contribution in [0.25, 0.3) is 0 Å². The number of nitrogens with zero attached hydrogens (tertiary/aromatic N) is 1. The van der Waals surface area contributed by atoms with Crippen molar-refractivity contribution in [3.63, 3.8) is 0 Å². The summed E-state index contributed by atoms with van der Waals surface area (Å²) in [4.78, 5) is 14.0. The van der Waals surface area contributed by atoms with Crippen molar-refractivity contribution in [3.8, 4) is 0 Å². The average molecular weight is 247 g/mol. The molecule has 1 aliphatic rings. The lowest BCUT2D eigenvalue weighted by atomic mass is 9.89. The standard InChI is InChI=1S/C14H21N3O/c1-2-17(12-8-9-12)10-14(16,13(15)18)11-6-4-3-5-7-11/h3-7,12H,2,8-10,16H2,1H3,(H2,15,18). The molecule has 1 aromatic rings.